The highest BCUT2D eigenvalue weighted by molar-refractivity contribution is 7.89. The van der Waals surface area contributed by atoms with Gasteiger partial charge in [0.15, 0.2) is 0 Å². The quantitative estimate of drug-likeness (QED) is 0.550. The fourth-order valence-electron chi connectivity index (χ4n) is 2.41. The number of thiophene rings is 1. The van der Waals surface area contributed by atoms with Crippen molar-refractivity contribution in [2.24, 2.45) is 0 Å². The Labute approximate surface area is 166 Å². The summed E-state index contributed by atoms with van der Waals surface area (Å²) in [6.07, 6.45) is 0.596. The van der Waals surface area contributed by atoms with Crippen LogP contribution in [0.15, 0.2) is 39.8 Å². The van der Waals surface area contributed by atoms with E-state index in [4.69, 9.17) is 20.9 Å². The Morgan fingerprint density at radius 2 is 2.15 bits per heavy atom. The lowest BCUT2D eigenvalue weighted by atomic mass is 10.2. The maximum atomic E-state index is 12.5. The molecule has 144 valence electrons. The molecule has 7 nitrogen and oxygen atoms in total. The van der Waals surface area contributed by atoms with Crippen molar-refractivity contribution in [3.05, 3.63) is 40.2 Å². The van der Waals surface area contributed by atoms with Gasteiger partial charge in [-0.1, -0.05) is 28.9 Å². The smallest absolute Gasteiger partial charge is 0.268 e. The van der Waals surface area contributed by atoms with Crippen LogP contribution in [0.3, 0.4) is 0 Å². The van der Waals surface area contributed by atoms with E-state index in [-0.39, 0.29) is 10.8 Å². The van der Waals surface area contributed by atoms with E-state index < -0.39 is 10.0 Å². The normalized spacial score (nSPS) is 11.8. The van der Waals surface area contributed by atoms with Gasteiger partial charge in [0.05, 0.1) is 9.77 Å². The van der Waals surface area contributed by atoms with Gasteiger partial charge in [0.2, 0.25) is 15.8 Å². The van der Waals surface area contributed by atoms with Crippen molar-refractivity contribution in [1.82, 2.24) is 14.9 Å². The Morgan fingerprint density at radius 3 is 2.89 bits per heavy atom. The molecular formula is C17H18ClN3O4S2. The minimum atomic E-state index is -3.61. The molecule has 0 atom stereocenters. The number of rotatable bonds is 8. The Balaban J connectivity index is 1.82. The molecule has 2 heterocycles. The van der Waals surface area contributed by atoms with E-state index >= 15 is 0 Å². The summed E-state index contributed by atoms with van der Waals surface area (Å²) in [6, 6.07) is 8.65. The second-order valence-electron chi connectivity index (χ2n) is 5.71. The van der Waals surface area contributed by atoms with E-state index in [9.17, 15) is 8.42 Å². The standard InChI is InChI=1S/C17H18ClN3O4S2/c1-11-15(27(22,23)19-7-4-8-24-2)10-14(26-11)17-20-16(21-25-17)12-5-3-6-13(18)9-12/h3,5-6,9-10,19H,4,7-8H2,1-2H3. The second-order valence-corrected chi connectivity index (χ2v) is 9.14. The molecule has 3 aromatic rings. The first-order valence-electron chi connectivity index (χ1n) is 8.10. The monoisotopic (exact) mass is 427 g/mol. The fourth-order valence-corrected chi connectivity index (χ4v) is 5.18. The summed E-state index contributed by atoms with van der Waals surface area (Å²) in [7, 11) is -2.04. The number of aromatic nitrogens is 2. The van der Waals surface area contributed by atoms with Crippen LogP contribution in [0.2, 0.25) is 5.02 Å². The highest BCUT2D eigenvalue weighted by atomic mass is 35.5. The van der Waals surface area contributed by atoms with E-state index in [2.05, 4.69) is 14.9 Å². The van der Waals surface area contributed by atoms with Gasteiger partial charge in [0, 0.05) is 35.7 Å². The first-order valence-corrected chi connectivity index (χ1v) is 10.8. The van der Waals surface area contributed by atoms with Crippen molar-refractivity contribution in [3.8, 4) is 22.2 Å². The lowest BCUT2D eigenvalue weighted by molar-refractivity contribution is 0.196. The largest absolute Gasteiger partial charge is 0.385 e. The average molecular weight is 428 g/mol. The molecule has 0 aliphatic carbocycles. The number of halogens is 1. The Bertz CT molecular complexity index is 1030. The molecule has 0 aliphatic rings. The molecule has 1 aromatic carbocycles. The molecule has 1 N–H and O–H groups in total. The number of hydrogen-bond donors (Lipinski definition) is 1. The number of aryl methyl sites for hydroxylation is 1. The van der Waals surface area contributed by atoms with E-state index in [0.29, 0.717) is 40.2 Å². The molecule has 3 rings (SSSR count). The van der Waals surface area contributed by atoms with Gasteiger partial charge < -0.3 is 9.26 Å². The molecule has 0 spiro atoms. The van der Waals surface area contributed by atoms with Crippen LogP contribution in [0.4, 0.5) is 0 Å². The number of nitrogens with one attached hydrogen (secondary N) is 1. The average Bonchev–Trinajstić information content (AvgIpc) is 3.26. The van der Waals surface area contributed by atoms with Gasteiger partial charge in [-0.15, -0.1) is 11.3 Å². The molecular weight excluding hydrogens is 410 g/mol. The van der Waals surface area contributed by atoms with Crippen molar-refractivity contribution in [2.45, 2.75) is 18.2 Å². The third kappa shape index (κ3) is 4.74. The summed E-state index contributed by atoms with van der Waals surface area (Å²) in [5.74, 6) is 0.652. The maximum absolute atomic E-state index is 12.5. The molecule has 0 aliphatic heterocycles. The molecule has 2 aromatic heterocycles. The SMILES string of the molecule is COCCCNS(=O)(=O)c1cc(-c2nc(-c3cccc(Cl)c3)no2)sc1C. The number of methoxy groups -OCH3 is 1. The van der Waals surface area contributed by atoms with Crippen molar-refractivity contribution in [1.29, 1.82) is 0 Å². The lowest BCUT2D eigenvalue weighted by Gasteiger charge is -2.05. The first kappa shape index (κ1) is 20.0. The van der Waals surface area contributed by atoms with E-state index in [0.717, 1.165) is 5.56 Å². The highest BCUT2D eigenvalue weighted by Crippen LogP contribution is 2.33. The molecule has 0 unspecified atom stereocenters. The summed E-state index contributed by atoms with van der Waals surface area (Å²) >= 11 is 7.27. The van der Waals surface area contributed by atoms with E-state index in [1.54, 1.807) is 38.3 Å². The summed E-state index contributed by atoms with van der Waals surface area (Å²) < 4.78 is 37.8. The zero-order valence-electron chi connectivity index (χ0n) is 14.7. The molecule has 0 bridgehead atoms. The van der Waals surface area contributed by atoms with Gasteiger partial charge in [-0.2, -0.15) is 4.98 Å². The Morgan fingerprint density at radius 1 is 1.33 bits per heavy atom. The Kier molecular flexibility index (Phi) is 6.28. The number of benzene rings is 1. The molecule has 0 saturated heterocycles. The molecule has 0 saturated carbocycles. The number of ether oxygens (including phenoxy) is 1. The lowest BCUT2D eigenvalue weighted by Crippen LogP contribution is -2.25. The third-order valence-corrected chi connectivity index (χ3v) is 6.69. The summed E-state index contributed by atoms with van der Waals surface area (Å²) in [5.41, 5.74) is 0.721. The highest BCUT2D eigenvalue weighted by Gasteiger charge is 2.22. The van der Waals surface area contributed by atoms with Gasteiger partial charge in [0.25, 0.3) is 5.89 Å². The van der Waals surface area contributed by atoms with Crippen molar-refractivity contribution < 1.29 is 17.7 Å². The fraction of sp³-hybridized carbons (Fsp3) is 0.294. The van der Waals surface area contributed by atoms with Gasteiger partial charge in [-0.25, -0.2) is 13.1 Å². The van der Waals surface area contributed by atoms with E-state index in [1.165, 1.54) is 11.3 Å². The minimum absolute atomic E-state index is 0.211. The van der Waals surface area contributed by atoms with Crippen LogP contribution in [0.25, 0.3) is 22.2 Å². The van der Waals surface area contributed by atoms with Crippen molar-refractivity contribution >= 4 is 33.0 Å². The van der Waals surface area contributed by atoms with Gasteiger partial charge in [-0.3, -0.25) is 0 Å². The van der Waals surface area contributed by atoms with Crippen LogP contribution in [0.5, 0.6) is 0 Å². The number of nitrogens with zero attached hydrogens (tertiary/aromatic N) is 2. The predicted molar refractivity (Wildman–Crippen MR) is 104 cm³/mol. The predicted octanol–water partition coefficient (Wildman–Crippen LogP) is 3.74. The van der Waals surface area contributed by atoms with Crippen LogP contribution in [-0.2, 0) is 14.8 Å². The minimum Gasteiger partial charge on any atom is -0.385 e. The second kappa shape index (κ2) is 8.49. The van der Waals surface area contributed by atoms with Crippen molar-refractivity contribution in [3.63, 3.8) is 0 Å². The zero-order chi connectivity index (χ0) is 19.4. The van der Waals surface area contributed by atoms with E-state index in [1.807, 2.05) is 6.07 Å². The topological polar surface area (TPSA) is 94.3 Å². The number of hydrogen-bond acceptors (Lipinski definition) is 7. The van der Waals surface area contributed by atoms with Crippen LogP contribution in [0.1, 0.15) is 11.3 Å². The summed E-state index contributed by atoms with van der Waals surface area (Å²) in [6.45, 7) is 2.54. The van der Waals surface area contributed by atoms with Crippen LogP contribution >= 0.6 is 22.9 Å². The Hall–Kier alpha value is -1.78. The third-order valence-electron chi connectivity index (χ3n) is 3.70. The van der Waals surface area contributed by atoms with Crippen LogP contribution in [0, 0.1) is 6.92 Å². The zero-order valence-corrected chi connectivity index (χ0v) is 17.1. The maximum Gasteiger partial charge on any atom is 0.268 e. The number of sulfonamides is 1. The van der Waals surface area contributed by atoms with Crippen LogP contribution < -0.4 is 4.72 Å². The molecule has 0 amide bonds. The molecule has 0 fully saturated rings. The molecule has 27 heavy (non-hydrogen) atoms. The van der Waals surface area contributed by atoms with Gasteiger partial charge in [0.1, 0.15) is 0 Å². The van der Waals surface area contributed by atoms with Crippen LogP contribution in [-0.4, -0.2) is 38.8 Å². The first-order chi connectivity index (χ1) is 12.9. The van der Waals surface area contributed by atoms with Crippen molar-refractivity contribution in [2.75, 3.05) is 20.3 Å². The van der Waals surface area contributed by atoms with Gasteiger partial charge >= 0.3 is 0 Å². The summed E-state index contributed by atoms with van der Waals surface area (Å²) in [4.78, 5) is 5.80. The summed E-state index contributed by atoms with van der Waals surface area (Å²) in [5, 5.41) is 4.53. The molecule has 10 heteroatoms. The van der Waals surface area contributed by atoms with Gasteiger partial charge in [-0.05, 0) is 31.5 Å². The molecule has 0 radical (unpaired) electrons.